The molecule has 2 amide bonds. The molecule has 0 unspecified atom stereocenters. The summed E-state index contributed by atoms with van der Waals surface area (Å²) in [6, 6.07) is 4.19. The van der Waals surface area contributed by atoms with E-state index in [1.807, 2.05) is 12.1 Å². The van der Waals surface area contributed by atoms with Crippen molar-refractivity contribution in [2.75, 3.05) is 5.32 Å². The molecular weight excluding hydrogens is 477 g/mol. The predicted molar refractivity (Wildman–Crippen MR) is 112 cm³/mol. The van der Waals surface area contributed by atoms with Gasteiger partial charge < -0.3 is 15.2 Å². The molecule has 31 heavy (non-hydrogen) atoms. The lowest BCUT2D eigenvalue weighted by molar-refractivity contribution is -0.138. The Bertz CT molecular complexity index is 1190. The molecule has 3 aromatic heterocycles. The van der Waals surface area contributed by atoms with Crippen molar-refractivity contribution in [3.05, 3.63) is 55.6 Å². The maximum atomic E-state index is 12.9. The number of hydrogen-bond acceptors (Lipinski definition) is 6. The van der Waals surface area contributed by atoms with Gasteiger partial charge >= 0.3 is 6.18 Å². The quantitative estimate of drug-likeness (QED) is 0.546. The van der Waals surface area contributed by atoms with E-state index in [4.69, 9.17) is 11.6 Å². The first-order chi connectivity index (χ1) is 14.5. The number of thiazole rings is 1. The molecule has 0 saturated heterocycles. The fraction of sp³-hybridized carbons (Fsp3) is 0.222. The van der Waals surface area contributed by atoms with Crippen molar-refractivity contribution in [1.82, 2.24) is 14.9 Å². The maximum Gasteiger partial charge on any atom is 0.417 e. The summed E-state index contributed by atoms with van der Waals surface area (Å²) in [5, 5.41) is 6.45. The molecule has 7 nitrogen and oxygen atoms in total. The number of amides is 2. The lowest BCUT2D eigenvalue weighted by Gasteiger charge is -2.11. The molecule has 0 aromatic carbocycles. The highest BCUT2D eigenvalue weighted by atomic mass is 35.5. The third kappa shape index (κ3) is 5.93. The van der Waals surface area contributed by atoms with Crippen LogP contribution in [0.25, 0.3) is 10.6 Å². The van der Waals surface area contributed by atoms with E-state index in [9.17, 15) is 27.6 Å². The Morgan fingerprint density at radius 3 is 2.71 bits per heavy atom. The second-order valence-corrected chi connectivity index (χ2v) is 8.70. The number of thiophene rings is 1. The number of pyridine rings is 1. The van der Waals surface area contributed by atoms with Crippen LogP contribution in [0.5, 0.6) is 0 Å². The first kappa shape index (κ1) is 23.0. The van der Waals surface area contributed by atoms with E-state index in [0.717, 1.165) is 21.1 Å². The van der Waals surface area contributed by atoms with Crippen LogP contribution in [-0.4, -0.2) is 21.4 Å². The molecule has 3 heterocycles. The largest absolute Gasteiger partial charge is 0.417 e. The van der Waals surface area contributed by atoms with Gasteiger partial charge in [-0.05, 0) is 18.2 Å². The van der Waals surface area contributed by atoms with Crippen LogP contribution in [0.15, 0.2) is 34.6 Å². The van der Waals surface area contributed by atoms with E-state index in [1.54, 1.807) is 5.38 Å². The van der Waals surface area contributed by atoms with Gasteiger partial charge in [0.15, 0.2) is 5.13 Å². The molecule has 164 valence electrons. The van der Waals surface area contributed by atoms with Crippen LogP contribution in [0, 0.1) is 0 Å². The average Bonchev–Trinajstić information content (AvgIpc) is 3.32. The lowest BCUT2D eigenvalue weighted by Crippen LogP contribution is -2.29. The first-order valence-corrected chi connectivity index (χ1v) is 10.7. The van der Waals surface area contributed by atoms with E-state index in [-0.39, 0.29) is 11.0 Å². The summed E-state index contributed by atoms with van der Waals surface area (Å²) >= 11 is 8.13. The van der Waals surface area contributed by atoms with Crippen LogP contribution in [0.4, 0.5) is 18.3 Å². The molecule has 0 aliphatic carbocycles. The SMILES string of the molecule is CC(=O)NCc1ccc(-c2csc(NC(=O)Cn3cc(C(F)(F)F)cc(Cl)c3=O)n2)s1. The van der Waals surface area contributed by atoms with Crippen LogP contribution in [0.3, 0.4) is 0 Å². The summed E-state index contributed by atoms with van der Waals surface area (Å²) in [7, 11) is 0. The molecule has 0 aliphatic rings. The molecule has 0 radical (unpaired) electrons. The zero-order valence-electron chi connectivity index (χ0n) is 15.7. The molecule has 0 aliphatic heterocycles. The number of aromatic nitrogens is 2. The van der Waals surface area contributed by atoms with Crippen LogP contribution in [0.2, 0.25) is 5.02 Å². The average molecular weight is 491 g/mol. The smallest absolute Gasteiger partial charge is 0.351 e. The van der Waals surface area contributed by atoms with E-state index < -0.39 is 34.8 Å². The minimum absolute atomic E-state index is 0.144. The van der Waals surface area contributed by atoms with Gasteiger partial charge in [-0.25, -0.2) is 4.98 Å². The summed E-state index contributed by atoms with van der Waals surface area (Å²) in [5.74, 6) is -0.870. The first-order valence-electron chi connectivity index (χ1n) is 8.59. The Morgan fingerprint density at radius 2 is 2.03 bits per heavy atom. The number of nitrogens with zero attached hydrogens (tertiary/aromatic N) is 2. The van der Waals surface area contributed by atoms with Gasteiger partial charge in [-0.3, -0.25) is 14.4 Å². The second-order valence-electron chi connectivity index (χ2n) is 6.27. The fourth-order valence-corrected chi connectivity index (χ4v) is 4.39. The Hall–Kier alpha value is -2.70. The molecule has 0 atom stereocenters. The van der Waals surface area contributed by atoms with Crippen molar-refractivity contribution in [1.29, 1.82) is 0 Å². The molecule has 0 spiro atoms. The number of halogens is 4. The highest BCUT2D eigenvalue weighted by Gasteiger charge is 2.32. The van der Waals surface area contributed by atoms with Crippen molar-refractivity contribution in [3.8, 4) is 10.6 Å². The minimum atomic E-state index is -4.71. The van der Waals surface area contributed by atoms with Crippen molar-refractivity contribution in [2.24, 2.45) is 0 Å². The Kier molecular flexibility index (Phi) is 6.82. The Labute approximate surface area is 186 Å². The van der Waals surface area contributed by atoms with Gasteiger partial charge in [-0.2, -0.15) is 13.2 Å². The second kappa shape index (κ2) is 9.20. The van der Waals surface area contributed by atoms with Gasteiger partial charge in [-0.15, -0.1) is 22.7 Å². The lowest BCUT2D eigenvalue weighted by atomic mass is 10.2. The van der Waals surface area contributed by atoms with Crippen LogP contribution in [0.1, 0.15) is 17.4 Å². The number of anilines is 1. The predicted octanol–water partition coefficient (Wildman–Crippen LogP) is 3.98. The van der Waals surface area contributed by atoms with Gasteiger partial charge in [0.2, 0.25) is 11.8 Å². The van der Waals surface area contributed by atoms with E-state index >= 15 is 0 Å². The minimum Gasteiger partial charge on any atom is -0.351 e. The Morgan fingerprint density at radius 1 is 1.29 bits per heavy atom. The molecule has 0 bridgehead atoms. The zero-order chi connectivity index (χ0) is 22.8. The summed E-state index contributed by atoms with van der Waals surface area (Å²) in [4.78, 5) is 41.2. The van der Waals surface area contributed by atoms with E-state index in [1.165, 1.54) is 18.3 Å². The molecule has 0 fully saturated rings. The monoisotopic (exact) mass is 490 g/mol. The molecule has 3 aromatic rings. The van der Waals surface area contributed by atoms with Crippen LogP contribution < -0.4 is 16.2 Å². The summed E-state index contributed by atoms with van der Waals surface area (Å²) in [6.07, 6.45) is -4.16. The Balaban J connectivity index is 1.69. The van der Waals surface area contributed by atoms with Crippen LogP contribution >= 0.6 is 34.3 Å². The zero-order valence-corrected chi connectivity index (χ0v) is 18.1. The molecule has 13 heteroatoms. The van der Waals surface area contributed by atoms with Crippen molar-refractivity contribution in [2.45, 2.75) is 26.2 Å². The van der Waals surface area contributed by atoms with Gasteiger partial charge in [0.05, 0.1) is 22.7 Å². The van der Waals surface area contributed by atoms with Crippen molar-refractivity contribution >= 4 is 51.2 Å². The highest BCUT2D eigenvalue weighted by molar-refractivity contribution is 7.17. The van der Waals surface area contributed by atoms with Gasteiger partial charge in [0, 0.05) is 23.4 Å². The summed E-state index contributed by atoms with van der Waals surface area (Å²) in [5.41, 5.74) is -1.44. The standard InChI is InChI=1S/C18H14ClF3N4O3S2/c1-9(27)23-5-11-2-3-14(31-11)13-8-30-17(24-13)25-15(28)7-26-6-10(18(20,21)22)4-12(19)16(26)29/h2-4,6,8H,5,7H2,1H3,(H,23,27)(H,24,25,28). The summed E-state index contributed by atoms with van der Waals surface area (Å²) in [6.45, 7) is 1.16. The number of hydrogen-bond donors (Lipinski definition) is 2. The van der Waals surface area contributed by atoms with Gasteiger partial charge in [0.25, 0.3) is 5.56 Å². The molecule has 0 saturated carbocycles. The summed E-state index contributed by atoms with van der Waals surface area (Å²) < 4.78 is 39.3. The molecular formula is C18H14ClF3N4O3S2. The normalized spacial score (nSPS) is 11.4. The van der Waals surface area contributed by atoms with Crippen LogP contribution in [-0.2, 0) is 28.9 Å². The number of alkyl halides is 3. The number of rotatable bonds is 6. The van der Waals surface area contributed by atoms with E-state index in [0.29, 0.717) is 29.1 Å². The van der Waals surface area contributed by atoms with E-state index in [2.05, 4.69) is 15.6 Å². The fourth-order valence-electron chi connectivity index (χ4n) is 2.45. The third-order valence-corrected chi connectivity index (χ3v) is 6.00. The molecule has 3 rings (SSSR count). The van der Waals surface area contributed by atoms with Crippen molar-refractivity contribution < 1.29 is 22.8 Å². The number of carbonyl (C=O) groups excluding carboxylic acids is 2. The van der Waals surface area contributed by atoms with Crippen molar-refractivity contribution in [3.63, 3.8) is 0 Å². The topological polar surface area (TPSA) is 93.1 Å². The number of nitrogens with one attached hydrogen (secondary N) is 2. The van der Waals surface area contributed by atoms with Gasteiger partial charge in [-0.1, -0.05) is 11.6 Å². The molecule has 2 N–H and O–H groups in total. The maximum absolute atomic E-state index is 12.9. The number of carbonyl (C=O) groups is 2. The van der Waals surface area contributed by atoms with Gasteiger partial charge in [0.1, 0.15) is 11.6 Å². The highest BCUT2D eigenvalue weighted by Crippen LogP contribution is 2.31. The third-order valence-electron chi connectivity index (χ3n) is 3.86.